The molecule has 176 valence electrons. The first-order chi connectivity index (χ1) is 14.9. The van der Waals surface area contributed by atoms with Gasteiger partial charge in [-0.15, -0.1) is 0 Å². The van der Waals surface area contributed by atoms with Crippen LogP contribution in [0.3, 0.4) is 0 Å². The predicted octanol–water partition coefficient (Wildman–Crippen LogP) is 3.22. The summed E-state index contributed by atoms with van der Waals surface area (Å²) in [5, 5.41) is 16.1. The summed E-state index contributed by atoms with van der Waals surface area (Å²) in [7, 11) is 0. The number of carbonyl (C=O) groups is 3. The Labute approximate surface area is 197 Å². The summed E-state index contributed by atoms with van der Waals surface area (Å²) >= 11 is 11.8. The maximum atomic E-state index is 12.5. The van der Waals surface area contributed by atoms with Crippen LogP contribution in [-0.4, -0.2) is 76.8 Å². The zero-order chi connectivity index (χ0) is 23.6. The van der Waals surface area contributed by atoms with Crippen molar-refractivity contribution in [2.24, 2.45) is 0 Å². The van der Waals surface area contributed by atoms with Crippen molar-refractivity contribution in [3.05, 3.63) is 27.7 Å². The molecule has 0 saturated carbocycles. The monoisotopic (exact) mass is 486 g/mol. The number of hydrogen-bond donors (Lipinski definition) is 3. The van der Waals surface area contributed by atoms with Crippen molar-refractivity contribution in [2.45, 2.75) is 51.3 Å². The number of piperidine rings is 1. The minimum Gasteiger partial charge on any atom is -0.506 e. The molecule has 0 bridgehead atoms. The normalized spacial score (nSPS) is 17.5. The van der Waals surface area contributed by atoms with Gasteiger partial charge in [0.25, 0.3) is 5.91 Å². The Kier molecular flexibility index (Phi) is 7.29. The van der Waals surface area contributed by atoms with E-state index < -0.39 is 11.5 Å². The van der Waals surface area contributed by atoms with Crippen molar-refractivity contribution in [3.8, 4) is 5.75 Å². The summed E-state index contributed by atoms with van der Waals surface area (Å²) in [6.07, 6.45) is 0.762. The van der Waals surface area contributed by atoms with E-state index in [4.69, 9.17) is 27.9 Å². The Morgan fingerprint density at radius 1 is 1.03 bits per heavy atom. The van der Waals surface area contributed by atoms with Crippen molar-refractivity contribution >= 4 is 41.2 Å². The third-order valence-corrected chi connectivity index (χ3v) is 5.76. The summed E-state index contributed by atoms with van der Waals surface area (Å²) in [6, 6.07) is 2.28. The zero-order valence-corrected chi connectivity index (χ0v) is 19.8. The molecule has 2 heterocycles. The molecule has 2 aliphatic heterocycles. The van der Waals surface area contributed by atoms with Gasteiger partial charge >= 0.3 is 12.1 Å². The molecule has 4 amide bonds. The van der Waals surface area contributed by atoms with Gasteiger partial charge in [-0.25, -0.2) is 9.59 Å². The van der Waals surface area contributed by atoms with Gasteiger partial charge in [0.15, 0.2) is 0 Å². The number of ether oxygens (including phenoxy) is 1. The maximum absolute atomic E-state index is 12.5. The number of nitrogens with zero attached hydrogens (tertiary/aromatic N) is 2. The number of hydrogen-bond acceptors (Lipinski definition) is 5. The first-order valence-electron chi connectivity index (χ1n) is 10.4. The van der Waals surface area contributed by atoms with E-state index in [1.165, 1.54) is 12.1 Å². The van der Waals surface area contributed by atoms with Gasteiger partial charge in [-0.3, -0.25) is 4.79 Å². The quantitative estimate of drug-likeness (QED) is 0.607. The largest absolute Gasteiger partial charge is 0.506 e. The average Bonchev–Trinajstić information content (AvgIpc) is 2.66. The molecule has 3 rings (SSSR count). The van der Waals surface area contributed by atoms with Gasteiger partial charge in [-0.1, -0.05) is 23.2 Å². The van der Waals surface area contributed by atoms with Crippen LogP contribution in [0.5, 0.6) is 5.75 Å². The molecule has 3 N–H and O–H groups in total. The van der Waals surface area contributed by atoms with E-state index in [1.807, 2.05) is 20.8 Å². The van der Waals surface area contributed by atoms with Gasteiger partial charge in [0.05, 0.1) is 16.6 Å². The van der Waals surface area contributed by atoms with Gasteiger partial charge in [0, 0.05) is 37.2 Å². The molecule has 1 aromatic carbocycles. The maximum Gasteiger partial charge on any atom is 0.410 e. The van der Waals surface area contributed by atoms with Crippen LogP contribution in [0, 0.1) is 0 Å². The number of phenolic OH excluding ortho intramolecular Hbond substituents is 1. The third-order valence-electron chi connectivity index (χ3n) is 5.25. The minimum absolute atomic E-state index is 0.00960. The van der Waals surface area contributed by atoms with Gasteiger partial charge in [0.2, 0.25) is 0 Å². The third kappa shape index (κ3) is 6.10. The molecule has 0 aliphatic carbocycles. The lowest BCUT2D eigenvalue weighted by Crippen LogP contribution is -2.63. The van der Waals surface area contributed by atoms with Crippen LogP contribution >= 0.6 is 23.2 Å². The van der Waals surface area contributed by atoms with Gasteiger partial charge in [-0.05, 0) is 45.7 Å². The summed E-state index contributed by atoms with van der Waals surface area (Å²) in [6.45, 7) is 7.20. The Balaban J connectivity index is 1.41. The summed E-state index contributed by atoms with van der Waals surface area (Å²) in [5.74, 6) is -0.780. The number of urea groups is 1. The number of nitrogens with one attached hydrogen (secondary N) is 2. The Morgan fingerprint density at radius 2 is 1.66 bits per heavy atom. The molecular formula is C21H28Cl2N4O5. The number of aromatic hydroxyl groups is 1. The molecule has 2 saturated heterocycles. The number of amides is 4. The molecule has 1 aromatic rings. The molecule has 0 radical (unpaired) electrons. The van der Waals surface area contributed by atoms with Crippen LogP contribution in [-0.2, 0) is 4.74 Å². The Hall–Kier alpha value is -2.39. The highest BCUT2D eigenvalue weighted by Crippen LogP contribution is 2.31. The molecule has 0 unspecified atom stereocenters. The average molecular weight is 487 g/mol. The molecule has 2 fully saturated rings. The van der Waals surface area contributed by atoms with Crippen molar-refractivity contribution in [2.75, 3.05) is 26.2 Å². The Morgan fingerprint density at radius 3 is 2.25 bits per heavy atom. The first-order valence-corrected chi connectivity index (χ1v) is 11.2. The lowest BCUT2D eigenvalue weighted by Gasteiger charge is -2.41. The van der Waals surface area contributed by atoms with E-state index in [1.54, 1.807) is 9.80 Å². The van der Waals surface area contributed by atoms with E-state index in [9.17, 15) is 19.5 Å². The lowest BCUT2D eigenvalue weighted by atomic mass is 10.0. The van der Waals surface area contributed by atoms with Crippen molar-refractivity contribution in [1.29, 1.82) is 0 Å². The SMILES string of the molecule is CC(C)(C)OC(=O)N1CC(NC(=O)N2CCC(NC(=O)c3cc(Cl)cc(Cl)c3O)CC2)C1. The number of carbonyl (C=O) groups excluding carboxylic acids is 3. The van der Waals surface area contributed by atoms with E-state index in [0.717, 1.165) is 0 Å². The number of benzene rings is 1. The standard InChI is InChI=1S/C21H28Cl2N4O5/c1-21(2,3)32-20(31)27-10-14(11-27)25-19(30)26-6-4-13(5-7-26)24-18(29)15-8-12(22)9-16(23)17(15)28/h8-9,13-14,28H,4-7,10-11H2,1-3H3,(H,24,29)(H,25,30). The first kappa shape index (κ1) is 24.3. The van der Waals surface area contributed by atoms with Crippen molar-refractivity contribution in [1.82, 2.24) is 20.4 Å². The van der Waals surface area contributed by atoms with Crippen LogP contribution < -0.4 is 10.6 Å². The molecule has 11 heteroatoms. The second kappa shape index (κ2) is 9.62. The van der Waals surface area contributed by atoms with Gasteiger partial charge in [0.1, 0.15) is 11.4 Å². The number of likely N-dealkylation sites (tertiary alicyclic amines) is 2. The molecule has 0 spiro atoms. The second-order valence-corrected chi connectivity index (χ2v) is 9.89. The number of phenols is 1. The molecular weight excluding hydrogens is 459 g/mol. The van der Waals surface area contributed by atoms with Crippen molar-refractivity contribution < 1.29 is 24.2 Å². The topological polar surface area (TPSA) is 111 Å². The fraction of sp³-hybridized carbons (Fsp3) is 0.571. The van der Waals surface area contributed by atoms with E-state index in [0.29, 0.717) is 39.0 Å². The highest BCUT2D eigenvalue weighted by molar-refractivity contribution is 6.36. The summed E-state index contributed by atoms with van der Waals surface area (Å²) in [5.41, 5.74) is -0.537. The summed E-state index contributed by atoms with van der Waals surface area (Å²) < 4.78 is 5.31. The minimum atomic E-state index is -0.553. The smallest absolute Gasteiger partial charge is 0.410 e. The van der Waals surface area contributed by atoms with E-state index in [2.05, 4.69) is 10.6 Å². The molecule has 2 aliphatic rings. The van der Waals surface area contributed by atoms with Crippen molar-refractivity contribution in [3.63, 3.8) is 0 Å². The highest BCUT2D eigenvalue weighted by atomic mass is 35.5. The number of rotatable bonds is 3. The Bertz CT molecular complexity index is 891. The van der Waals surface area contributed by atoms with Crippen LogP contribution in [0.15, 0.2) is 12.1 Å². The fourth-order valence-corrected chi connectivity index (χ4v) is 4.03. The molecule has 32 heavy (non-hydrogen) atoms. The molecule has 0 atom stereocenters. The lowest BCUT2D eigenvalue weighted by molar-refractivity contribution is 0.00571. The van der Waals surface area contributed by atoms with Crippen LogP contribution in [0.1, 0.15) is 44.0 Å². The second-order valence-electron chi connectivity index (χ2n) is 9.05. The van der Waals surface area contributed by atoms with Gasteiger partial charge in [-0.2, -0.15) is 0 Å². The predicted molar refractivity (Wildman–Crippen MR) is 120 cm³/mol. The van der Waals surface area contributed by atoms with E-state index in [-0.39, 0.29) is 45.6 Å². The van der Waals surface area contributed by atoms with Crippen LogP contribution in [0.2, 0.25) is 10.0 Å². The van der Waals surface area contributed by atoms with E-state index >= 15 is 0 Å². The highest BCUT2D eigenvalue weighted by Gasteiger charge is 2.35. The fourth-order valence-electron chi connectivity index (χ4n) is 3.54. The van der Waals surface area contributed by atoms with Gasteiger partial charge < -0.3 is 30.3 Å². The molecule has 0 aromatic heterocycles. The van der Waals surface area contributed by atoms with Crippen LogP contribution in [0.4, 0.5) is 9.59 Å². The number of halogens is 2. The van der Waals surface area contributed by atoms with Crippen LogP contribution in [0.25, 0.3) is 0 Å². The molecule has 9 nitrogen and oxygen atoms in total. The summed E-state index contributed by atoms with van der Waals surface area (Å²) in [4.78, 5) is 40.2. The zero-order valence-electron chi connectivity index (χ0n) is 18.3.